The molecule has 0 aliphatic carbocycles. The lowest BCUT2D eigenvalue weighted by Gasteiger charge is -2.33. The number of alkyl halides is 3. The number of amides is 1. The van der Waals surface area contributed by atoms with Crippen molar-refractivity contribution in [1.29, 1.82) is 0 Å². The van der Waals surface area contributed by atoms with Crippen LogP contribution in [0.4, 0.5) is 13.2 Å². The van der Waals surface area contributed by atoms with Crippen LogP contribution in [0.2, 0.25) is 0 Å². The van der Waals surface area contributed by atoms with Gasteiger partial charge in [0.2, 0.25) is 5.91 Å². The minimum absolute atomic E-state index is 0.0750. The van der Waals surface area contributed by atoms with E-state index in [-0.39, 0.29) is 11.8 Å². The summed E-state index contributed by atoms with van der Waals surface area (Å²) in [5.74, 6) is 0.307. The Bertz CT molecular complexity index is 780. The van der Waals surface area contributed by atoms with Crippen LogP contribution in [0.25, 0.3) is 0 Å². The van der Waals surface area contributed by atoms with Gasteiger partial charge in [-0.3, -0.25) is 14.8 Å². The van der Waals surface area contributed by atoms with Crippen molar-refractivity contribution in [2.75, 3.05) is 13.1 Å². The molecule has 1 amide bonds. The Labute approximate surface area is 162 Å². The maximum Gasteiger partial charge on any atom is 0.416 e. The van der Waals surface area contributed by atoms with Crippen LogP contribution in [-0.2, 0) is 23.8 Å². The summed E-state index contributed by atoms with van der Waals surface area (Å²) < 4.78 is 39.4. The van der Waals surface area contributed by atoms with Crippen LogP contribution in [0.1, 0.15) is 42.5 Å². The summed E-state index contributed by atoms with van der Waals surface area (Å²) in [4.78, 5) is 22.5. The summed E-state index contributed by atoms with van der Waals surface area (Å²) in [5, 5.41) is 0. The third-order valence-corrected chi connectivity index (χ3v) is 5.23. The number of halogens is 3. The van der Waals surface area contributed by atoms with Gasteiger partial charge in [-0.25, -0.2) is 0 Å². The minimum atomic E-state index is -4.33. The molecule has 1 aliphatic rings. The molecule has 28 heavy (non-hydrogen) atoms. The predicted octanol–water partition coefficient (Wildman–Crippen LogP) is 4.30. The van der Waals surface area contributed by atoms with Crippen LogP contribution < -0.4 is 0 Å². The number of rotatable bonds is 6. The fourth-order valence-electron chi connectivity index (χ4n) is 3.75. The van der Waals surface area contributed by atoms with Gasteiger partial charge in [-0.05, 0) is 49.7 Å². The second-order valence-electron chi connectivity index (χ2n) is 7.24. The van der Waals surface area contributed by atoms with Crippen LogP contribution >= 0.6 is 0 Å². The Hall–Kier alpha value is -2.44. The van der Waals surface area contributed by atoms with E-state index in [0.717, 1.165) is 31.1 Å². The summed E-state index contributed by atoms with van der Waals surface area (Å²) in [6.45, 7) is 1.34. The summed E-state index contributed by atoms with van der Waals surface area (Å²) in [7, 11) is 0. The standard InChI is InChI=1S/C21H24F3N3O/c22-21(23,24)19-6-2-1-5-17(19)8-7-16-4-3-13-27(15-16)20(28)10-9-18-14-25-11-12-26-18/h1-2,5-6,11-12,14,16H,3-4,7-10,13,15H2/t16-/m1/s1. The van der Waals surface area contributed by atoms with Gasteiger partial charge >= 0.3 is 6.18 Å². The van der Waals surface area contributed by atoms with Gasteiger partial charge in [0.05, 0.1) is 11.3 Å². The van der Waals surface area contributed by atoms with Crippen molar-refractivity contribution in [3.05, 3.63) is 59.7 Å². The molecule has 0 radical (unpaired) electrons. The molecule has 150 valence electrons. The average molecular weight is 391 g/mol. The topological polar surface area (TPSA) is 46.1 Å². The first-order chi connectivity index (χ1) is 13.4. The molecule has 4 nitrogen and oxygen atoms in total. The number of likely N-dealkylation sites (tertiary alicyclic amines) is 1. The summed E-state index contributed by atoms with van der Waals surface area (Å²) in [6, 6.07) is 5.76. The smallest absolute Gasteiger partial charge is 0.342 e. The maximum atomic E-state index is 13.1. The van der Waals surface area contributed by atoms with E-state index in [1.165, 1.54) is 6.07 Å². The SMILES string of the molecule is O=C(CCc1cnccn1)N1CCC[C@H](CCc2ccccc2C(F)(F)F)C1. The Balaban J connectivity index is 1.52. The molecule has 1 fully saturated rings. The highest BCUT2D eigenvalue weighted by Crippen LogP contribution is 2.33. The first-order valence-electron chi connectivity index (χ1n) is 9.61. The number of piperidine rings is 1. The zero-order valence-corrected chi connectivity index (χ0v) is 15.7. The summed E-state index contributed by atoms with van der Waals surface area (Å²) in [5.41, 5.74) is 0.567. The minimum Gasteiger partial charge on any atom is -0.342 e. The predicted molar refractivity (Wildman–Crippen MR) is 99.4 cm³/mol. The van der Waals surface area contributed by atoms with Gasteiger partial charge in [-0.2, -0.15) is 13.2 Å². The molecular weight excluding hydrogens is 367 g/mol. The molecule has 3 rings (SSSR count). The molecule has 2 heterocycles. The molecule has 0 unspecified atom stereocenters. The Morgan fingerprint density at radius 3 is 2.75 bits per heavy atom. The molecule has 1 aromatic heterocycles. The van der Waals surface area contributed by atoms with Crippen molar-refractivity contribution in [1.82, 2.24) is 14.9 Å². The summed E-state index contributed by atoms with van der Waals surface area (Å²) in [6.07, 6.45) is 4.33. The van der Waals surface area contributed by atoms with E-state index in [2.05, 4.69) is 9.97 Å². The third kappa shape index (κ3) is 5.53. The zero-order valence-electron chi connectivity index (χ0n) is 15.7. The number of aromatic nitrogens is 2. The van der Waals surface area contributed by atoms with Gasteiger partial charge in [0.25, 0.3) is 0 Å². The molecule has 1 atom stereocenters. The van der Waals surface area contributed by atoms with Crippen LogP contribution in [0, 0.1) is 5.92 Å². The molecule has 1 aromatic carbocycles. The molecule has 7 heteroatoms. The maximum absolute atomic E-state index is 13.1. The number of benzene rings is 1. The largest absolute Gasteiger partial charge is 0.416 e. The molecule has 0 saturated carbocycles. The number of hydrogen-bond acceptors (Lipinski definition) is 3. The fraction of sp³-hybridized carbons (Fsp3) is 0.476. The number of hydrogen-bond donors (Lipinski definition) is 0. The third-order valence-electron chi connectivity index (χ3n) is 5.23. The second kappa shape index (κ2) is 9.17. The van der Waals surface area contributed by atoms with Crippen LogP contribution in [-0.4, -0.2) is 33.9 Å². The number of carbonyl (C=O) groups is 1. The highest BCUT2D eigenvalue weighted by molar-refractivity contribution is 5.76. The first-order valence-corrected chi connectivity index (χ1v) is 9.61. The van der Waals surface area contributed by atoms with Gasteiger partial charge in [-0.1, -0.05) is 18.2 Å². The molecule has 2 aromatic rings. The van der Waals surface area contributed by atoms with Crippen molar-refractivity contribution in [3.63, 3.8) is 0 Å². The van der Waals surface area contributed by atoms with Gasteiger partial charge in [0, 0.05) is 38.1 Å². The zero-order chi connectivity index (χ0) is 20.0. The van der Waals surface area contributed by atoms with E-state index >= 15 is 0 Å². The van der Waals surface area contributed by atoms with E-state index in [0.29, 0.717) is 37.8 Å². The number of carbonyl (C=O) groups excluding carboxylic acids is 1. The van der Waals surface area contributed by atoms with E-state index < -0.39 is 11.7 Å². The van der Waals surface area contributed by atoms with Gasteiger partial charge in [0.15, 0.2) is 0 Å². The van der Waals surface area contributed by atoms with Crippen molar-refractivity contribution < 1.29 is 18.0 Å². The number of aryl methyl sites for hydroxylation is 2. The molecule has 0 bridgehead atoms. The second-order valence-corrected chi connectivity index (χ2v) is 7.24. The normalized spacial score (nSPS) is 17.5. The lowest BCUT2D eigenvalue weighted by Crippen LogP contribution is -2.40. The van der Waals surface area contributed by atoms with Gasteiger partial charge < -0.3 is 4.90 Å². The first kappa shape index (κ1) is 20.3. The van der Waals surface area contributed by atoms with Gasteiger partial charge in [0.1, 0.15) is 0 Å². The average Bonchev–Trinajstić information content (AvgIpc) is 2.71. The van der Waals surface area contributed by atoms with Crippen LogP contribution in [0.15, 0.2) is 42.9 Å². The van der Waals surface area contributed by atoms with E-state index in [1.807, 2.05) is 4.90 Å². The highest BCUT2D eigenvalue weighted by Gasteiger charge is 2.33. The lowest BCUT2D eigenvalue weighted by atomic mass is 9.90. The van der Waals surface area contributed by atoms with E-state index in [9.17, 15) is 18.0 Å². The Morgan fingerprint density at radius 2 is 2.00 bits per heavy atom. The molecule has 0 N–H and O–H groups in total. The van der Waals surface area contributed by atoms with E-state index in [4.69, 9.17) is 0 Å². The Kier molecular flexibility index (Phi) is 6.65. The van der Waals surface area contributed by atoms with Crippen molar-refractivity contribution >= 4 is 5.91 Å². The lowest BCUT2D eigenvalue weighted by molar-refractivity contribution is -0.138. The summed E-state index contributed by atoms with van der Waals surface area (Å²) >= 11 is 0. The van der Waals surface area contributed by atoms with Crippen LogP contribution in [0.5, 0.6) is 0 Å². The molecule has 1 aliphatic heterocycles. The van der Waals surface area contributed by atoms with Gasteiger partial charge in [-0.15, -0.1) is 0 Å². The molecule has 1 saturated heterocycles. The number of nitrogens with zero attached hydrogens (tertiary/aromatic N) is 3. The van der Waals surface area contributed by atoms with Crippen molar-refractivity contribution in [3.8, 4) is 0 Å². The quantitative estimate of drug-likeness (QED) is 0.738. The fourth-order valence-corrected chi connectivity index (χ4v) is 3.75. The van der Waals surface area contributed by atoms with Crippen LogP contribution in [0.3, 0.4) is 0 Å². The Morgan fingerprint density at radius 1 is 1.18 bits per heavy atom. The highest BCUT2D eigenvalue weighted by atomic mass is 19.4. The monoisotopic (exact) mass is 391 g/mol. The molecular formula is C21H24F3N3O. The van der Waals surface area contributed by atoms with Crippen molar-refractivity contribution in [2.24, 2.45) is 5.92 Å². The van der Waals surface area contributed by atoms with Crippen molar-refractivity contribution in [2.45, 2.75) is 44.7 Å². The van der Waals surface area contributed by atoms with E-state index in [1.54, 1.807) is 30.7 Å². The molecule has 0 spiro atoms.